The number of hydrogen-bond donors (Lipinski definition) is 1. The molecule has 0 aliphatic heterocycles. The van der Waals surface area contributed by atoms with E-state index in [9.17, 15) is 0 Å². The summed E-state index contributed by atoms with van der Waals surface area (Å²) in [5, 5.41) is 4.09. The molecule has 0 saturated heterocycles. The molecule has 0 aliphatic carbocycles. The number of aryl methyl sites for hydroxylation is 1. The van der Waals surface area contributed by atoms with Gasteiger partial charge < -0.3 is 10.2 Å². The molecule has 1 heterocycles. The molecule has 0 fully saturated rings. The van der Waals surface area contributed by atoms with Crippen molar-refractivity contribution in [2.45, 2.75) is 13.3 Å². The molecule has 1 aromatic carbocycles. The molecule has 4 heteroatoms. The number of hydrogen-bond acceptors (Lipinski definition) is 4. The molecule has 0 aliphatic rings. The van der Waals surface area contributed by atoms with Gasteiger partial charge in [-0.3, -0.25) is 0 Å². The third-order valence-electron chi connectivity index (χ3n) is 2.92. The average molecular weight is 261 g/mol. The molecule has 3 nitrogen and oxygen atoms in total. The van der Waals surface area contributed by atoms with Gasteiger partial charge in [-0.2, -0.15) is 0 Å². The van der Waals surface area contributed by atoms with Crippen molar-refractivity contribution in [3.63, 3.8) is 0 Å². The van der Waals surface area contributed by atoms with E-state index >= 15 is 0 Å². The van der Waals surface area contributed by atoms with Crippen LogP contribution in [0.25, 0.3) is 0 Å². The zero-order chi connectivity index (χ0) is 13.1. The molecule has 2 aromatic rings. The lowest BCUT2D eigenvalue weighted by atomic mass is 10.1. The number of aromatic nitrogens is 1. The normalized spacial score (nSPS) is 10.4. The minimum Gasteiger partial charge on any atom is -0.378 e. The Morgan fingerprint density at radius 3 is 2.39 bits per heavy atom. The summed E-state index contributed by atoms with van der Waals surface area (Å²) in [6.07, 6.45) is 0.957. The van der Waals surface area contributed by atoms with Crippen LogP contribution in [0.2, 0.25) is 0 Å². The van der Waals surface area contributed by atoms with Crippen molar-refractivity contribution in [2.24, 2.45) is 0 Å². The van der Waals surface area contributed by atoms with Gasteiger partial charge in [0.1, 0.15) is 0 Å². The highest BCUT2D eigenvalue weighted by Gasteiger charge is 2.07. The summed E-state index contributed by atoms with van der Waals surface area (Å²) in [6.45, 7) is 2.07. The Morgan fingerprint density at radius 2 is 1.89 bits per heavy atom. The molecule has 0 spiro atoms. The summed E-state index contributed by atoms with van der Waals surface area (Å²) in [7, 11) is 6.02. The molecule has 0 amide bonds. The van der Waals surface area contributed by atoms with E-state index in [1.165, 1.54) is 16.1 Å². The van der Waals surface area contributed by atoms with Crippen molar-refractivity contribution in [1.29, 1.82) is 0 Å². The van der Waals surface area contributed by atoms with Gasteiger partial charge in [0.15, 0.2) is 5.13 Å². The van der Waals surface area contributed by atoms with Crippen LogP contribution in [0.3, 0.4) is 0 Å². The summed E-state index contributed by atoms with van der Waals surface area (Å²) in [5.41, 5.74) is 3.69. The summed E-state index contributed by atoms with van der Waals surface area (Å²) in [5.74, 6) is 0. The van der Waals surface area contributed by atoms with Crippen molar-refractivity contribution in [3.8, 4) is 0 Å². The molecule has 0 radical (unpaired) electrons. The van der Waals surface area contributed by atoms with E-state index in [2.05, 4.69) is 60.5 Å². The Morgan fingerprint density at radius 1 is 1.22 bits per heavy atom. The second-order valence-corrected chi connectivity index (χ2v) is 5.60. The van der Waals surface area contributed by atoms with Crippen molar-refractivity contribution in [1.82, 2.24) is 4.98 Å². The molecular weight excluding hydrogens is 242 g/mol. The lowest BCUT2D eigenvalue weighted by Gasteiger charge is -2.12. The van der Waals surface area contributed by atoms with Crippen LogP contribution < -0.4 is 10.2 Å². The predicted octanol–water partition coefficient (Wildman–Crippen LogP) is 3.15. The molecule has 96 valence electrons. The lowest BCUT2D eigenvalue weighted by molar-refractivity contribution is 1.11. The van der Waals surface area contributed by atoms with Crippen LogP contribution in [0.1, 0.15) is 16.1 Å². The van der Waals surface area contributed by atoms with E-state index in [0.717, 1.165) is 17.2 Å². The number of benzene rings is 1. The molecule has 18 heavy (non-hydrogen) atoms. The van der Waals surface area contributed by atoms with E-state index in [0.29, 0.717) is 0 Å². The van der Waals surface area contributed by atoms with Gasteiger partial charge >= 0.3 is 0 Å². The van der Waals surface area contributed by atoms with E-state index in [1.54, 1.807) is 11.3 Å². The molecule has 1 N–H and O–H groups in total. The fraction of sp³-hybridized carbons (Fsp3) is 0.357. The van der Waals surface area contributed by atoms with Crippen molar-refractivity contribution >= 4 is 22.2 Å². The first-order valence-corrected chi connectivity index (χ1v) is 6.82. The Bertz CT molecular complexity index is 514. The van der Waals surface area contributed by atoms with Crippen LogP contribution in [-0.2, 0) is 6.42 Å². The van der Waals surface area contributed by atoms with Crippen molar-refractivity contribution in [3.05, 3.63) is 40.4 Å². The molecule has 0 atom stereocenters. The lowest BCUT2D eigenvalue weighted by Crippen LogP contribution is -2.08. The Balaban J connectivity index is 2.15. The molecular formula is C14H19N3S. The summed E-state index contributed by atoms with van der Waals surface area (Å²) in [4.78, 5) is 7.91. The highest BCUT2D eigenvalue weighted by Crippen LogP contribution is 2.25. The second kappa shape index (κ2) is 5.40. The van der Waals surface area contributed by atoms with Crippen molar-refractivity contribution < 1.29 is 0 Å². The van der Waals surface area contributed by atoms with E-state index in [1.807, 2.05) is 7.05 Å². The largest absolute Gasteiger partial charge is 0.378 e. The SMILES string of the molecule is CNc1nc(C)c(Cc2ccc(N(C)C)cc2)s1. The van der Waals surface area contributed by atoms with Gasteiger partial charge in [-0.05, 0) is 24.6 Å². The third kappa shape index (κ3) is 2.82. The maximum atomic E-state index is 4.47. The van der Waals surface area contributed by atoms with Gasteiger partial charge in [0.2, 0.25) is 0 Å². The van der Waals surface area contributed by atoms with Gasteiger partial charge in [-0.25, -0.2) is 4.98 Å². The zero-order valence-electron chi connectivity index (χ0n) is 11.3. The van der Waals surface area contributed by atoms with Crippen LogP contribution >= 0.6 is 11.3 Å². The molecule has 2 rings (SSSR count). The molecule has 0 unspecified atom stereocenters. The minimum atomic E-state index is 0.957. The average Bonchev–Trinajstić information content (AvgIpc) is 2.71. The van der Waals surface area contributed by atoms with Crippen LogP contribution in [-0.4, -0.2) is 26.1 Å². The first-order chi connectivity index (χ1) is 8.60. The van der Waals surface area contributed by atoms with Gasteiger partial charge in [-0.1, -0.05) is 12.1 Å². The van der Waals surface area contributed by atoms with E-state index in [-0.39, 0.29) is 0 Å². The monoisotopic (exact) mass is 261 g/mol. The standard InChI is InChI=1S/C14H19N3S/c1-10-13(18-14(15-2)16-10)9-11-5-7-12(8-6-11)17(3)4/h5-8H,9H2,1-4H3,(H,15,16). The van der Waals surface area contributed by atoms with E-state index in [4.69, 9.17) is 0 Å². The number of nitrogens with one attached hydrogen (secondary N) is 1. The number of anilines is 2. The zero-order valence-corrected chi connectivity index (χ0v) is 12.1. The first kappa shape index (κ1) is 12.9. The smallest absolute Gasteiger partial charge is 0.182 e. The predicted molar refractivity (Wildman–Crippen MR) is 80.0 cm³/mol. The third-order valence-corrected chi connectivity index (χ3v) is 4.10. The number of rotatable bonds is 4. The Kier molecular flexibility index (Phi) is 3.87. The minimum absolute atomic E-state index is 0.957. The fourth-order valence-electron chi connectivity index (χ4n) is 1.80. The molecule has 0 bridgehead atoms. The summed E-state index contributed by atoms with van der Waals surface area (Å²) >= 11 is 1.73. The number of nitrogens with zero attached hydrogens (tertiary/aromatic N) is 2. The highest BCUT2D eigenvalue weighted by atomic mass is 32.1. The quantitative estimate of drug-likeness (QED) is 0.916. The summed E-state index contributed by atoms with van der Waals surface area (Å²) < 4.78 is 0. The van der Waals surface area contributed by atoms with Gasteiger partial charge in [0.25, 0.3) is 0 Å². The first-order valence-electron chi connectivity index (χ1n) is 6.00. The van der Waals surface area contributed by atoms with Crippen LogP contribution in [0.4, 0.5) is 10.8 Å². The second-order valence-electron chi connectivity index (χ2n) is 4.52. The molecule has 0 saturated carbocycles. The van der Waals surface area contributed by atoms with E-state index < -0.39 is 0 Å². The maximum absolute atomic E-state index is 4.47. The summed E-state index contributed by atoms with van der Waals surface area (Å²) in [6, 6.07) is 8.69. The number of thiazole rings is 1. The highest BCUT2D eigenvalue weighted by molar-refractivity contribution is 7.15. The van der Waals surface area contributed by atoms with Gasteiger partial charge in [0, 0.05) is 38.1 Å². The van der Waals surface area contributed by atoms with Crippen molar-refractivity contribution in [2.75, 3.05) is 31.4 Å². The van der Waals surface area contributed by atoms with Crippen LogP contribution in [0.15, 0.2) is 24.3 Å². The van der Waals surface area contributed by atoms with Gasteiger partial charge in [0.05, 0.1) is 5.69 Å². The van der Waals surface area contributed by atoms with Crippen LogP contribution in [0, 0.1) is 6.92 Å². The fourth-order valence-corrected chi connectivity index (χ4v) is 2.75. The maximum Gasteiger partial charge on any atom is 0.182 e. The molecule has 1 aromatic heterocycles. The Hall–Kier alpha value is -1.55. The topological polar surface area (TPSA) is 28.2 Å². The van der Waals surface area contributed by atoms with Gasteiger partial charge in [-0.15, -0.1) is 11.3 Å². The van der Waals surface area contributed by atoms with Crippen LogP contribution in [0.5, 0.6) is 0 Å². The Labute approximate surface area is 112 Å².